The van der Waals surface area contributed by atoms with E-state index in [-0.39, 0.29) is 5.41 Å². The topological polar surface area (TPSA) is 0 Å². The maximum absolute atomic E-state index is 5.69. The summed E-state index contributed by atoms with van der Waals surface area (Å²) in [5.74, 6) is 0.737. The molecule has 0 aromatic heterocycles. The van der Waals surface area contributed by atoms with E-state index in [4.69, 9.17) is 11.6 Å². The van der Waals surface area contributed by atoms with Crippen molar-refractivity contribution in [3.8, 4) is 0 Å². The van der Waals surface area contributed by atoms with Crippen LogP contribution in [0, 0.1) is 5.41 Å². The van der Waals surface area contributed by atoms with E-state index >= 15 is 0 Å². The molecule has 9 heavy (non-hydrogen) atoms. The number of hydrogen-bond acceptors (Lipinski definition) is 0. The van der Waals surface area contributed by atoms with Crippen LogP contribution in [0.1, 0.15) is 26.7 Å². The number of alkyl halides is 1. The molecule has 0 radical (unpaired) electrons. The van der Waals surface area contributed by atoms with Crippen LogP contribution in [0.5, 0.6) is 0 Å². The highest BCUT2D eigenvalue weighted by atomic mass is 35.5. The summed E-state index contributed by atoms with van der Waals surface area (Å²) in [4.78, 5) is 0. The highest BCUT2D eigenvalue weighted by molar-refractivity contribution is 6.18. The Labute approximate surface area is 62.9 Å². The summed E-state index contributed by atoms with van der Waals surface area (Å²) in [5, 5.41) is 0. The van der Waals surface area contributed by atoms with Gasteiger partial charge < -0.3 is 0 Å². The molecule has 0 N–H and O–H groups in total. The molecule has 0 aliphatic heterocycles. The van der Waals surface area contributed by atoms with Gasteiger partial charge in [-0.15, -0.1) is 18.2 Å². The van der Waals surface area contributed by atoms with Gasteiger partial charge in [-0.05, 0) is 18.3 Å². The van der Waals surface area contributed by atoms with E-state index in [2.05, 4.69) is 20.4 Å². The molecule has 0 saturated heterocycles. The van der Waals surface area contributed by atoms with Crippen molar-refractivity contribution in [2.45, 2.75) is 26.7 Å². The minimum absolute atomic E-state index is 0.287. The summed E-state index contributed by atoms with van der Waals surface area (Å²) >= 11 is 5.69. The van der Waals surface area contributed by atoms with Crippen molar-refractivity contribution in [3.63, 3.8) is 0 Å². The Morgan fingerprint density at radius 3 is 2.44 bits per heavy atom. The standard InChI is InChI=1S/C8H15Cl/c1-4-5-6-8(2,3)7-9/h4H,1,5-7H2,2-3H3. The first-order valence-electron chi connectivity index (χ1n) is 3.29. The average Bonchev–Trinajstić information content (AvgIpc) is 1.84. The van der Waals surface area contributed by atoms with E-state index in [1.807, 2.05) is 6.08 Å². The van der Waals surface area contributed by atoms with Crippen molar-refractivity contribution in [1.29, 1.82) is 0 Å². The molecule has 0 aliphatic rings. The minimum Gasteiger partial charge on any atom is -0.126 e. The van der Waals surface area contributed by atoms with Crippen LogP contribution in [0.3, 0.4) is 0 Å². The smallest absolute Gasteiger partial charge is 0.0274 e. The van der Waals surface area contributed by atoms with Crippen LogP contribution in [-0.2, 0) is 0 Å². The van der Waals surface area contributed by atoms with Crippen LogP contribution in [0.4, 0.5) is 0 Å². The van der Waals surface area contributed by atoms with E-state index in [0.29, 0.717) is 0 Å². The zero-order valence-electron chi connectivity index (χ0n) is 6.28. The molecule has 0 atom stereocenters. The number of rotatable bonds is 4. The summed E-state index contributed by atoms with van der Waals surface area (Å²) in [5.41, 5.74) is 0.287. The Morgan fingerprint density at radius 1 is 1.56 bits per heavy atom. The molecule has 0 heterocycles. The molecule has 0 aliphatic carbocycles. The third-order valence-corrected chi connectivity index (χ3v) is 2.11. The molecular weight excluding hydrogens is 132 g/mol. The van der Waals surface area contributed by atoms with Crippen LogP contribution in [-0.4, -0.2) is 5.88 Å². The fourth-order valence-electron chi connectivity index (χ4n) is 0.560. The first kappa shape index (κ1) is 9.03. The predicted octanol–water partition coefficient (Wildman–Crippen LogP) is 3.22. The van der Waals surface area contributed by atoms with Gasteiger partial charge in [0.2, 0.25) is 0 Å². The number of halogens is 1. The lowest BCUT2D eigenvalue weighted by molar-refractivity contribution is 0.388. The predicted molar refractivity (Wildman–Crippen MR) is 43.9 cm³/mol. The monoisotopic (exact) mass is 146 g/mol. The lowest BCUT2D eigenvalue weighted by Gasteiger charge is -2.19. The molecule has 0 spiro atoms. The van der Waals surface area contributed by atoms with Gasteiger partial charge in [-0.25, -0.2) is 0 Å². The van der Waals surface area contributed by atoms with Crippen LogP contribution >= 0.6 is 11.6 Å². The van der Waals surface area contributed by atoms with Gasteiger partial charge in [-0.2, -0.15) is 0 Å². The van der Waals surface area contributed by atoms with E-state index < -0.39 is 0 Å². The zero-order chi connectivity index (χ0) is 7.33. The SMILES string of the molecule is C=CCCC(C)(C)CCl. The molecule has 0 aromatic rings. The van der Waals surface area contributed by atoms with Crippen LogP contribution in [0.25, 0.3) is 0 Å². The van der Waals surface area contributed by atoms with Crippen molar-refractivity contribution in [1.82, 2.24) is 0 Å². The second-order valence-corrected chi connectivity index (χ2v) is 3.39. The van der Waals surface area contributed by atoms with Gasteiger partial charge in [-0.3, -0.25) is 0 Å². The molecule has 54 valence electrons. The number of allylic oxidation sites excluding steroid dienone is 1. The van der Waals surface area contributed by atoms with E-state index in [1.165, 1.54) is 0 Å². The Kier molecular flexibility index (Phi) is 3.96. The van der Waals surface area contributed by atoms with Gasteiger partial charge in [0.15, 0.2) is 0 Å². The molecule has 0 amide bonds. The summed E-state index contributed by atoms with van der Waals surface area (Å²) in [6, 6.07) is 0. The van der Waals surface area contributed by atoms with E-state index in [0.717, 1.165) is 18.7 Å². The third kappa shape index (κ3) is 4.53. The number of hydrogen-bond donors (Lipinski definition) is 0. The Bertz CT molecular complexity index is 84.6. The minimum atomic E-state index is 0.287. The second-order valence-electron chi connectivity index (χ2n) is 3.13. The highest BCUT2D eigenvalue weighted by Gasteiger charge is 2.13. The van der Waals surface area contributed by atoms with Gasteiger partial charge in [0.25, 0.3) is 0 Å². The summed E-state index contributed by atoms with van der Waals surface area (Å²) < 4.78 is 0. The Morgan fingerprint density at radius 2 is 2.11 bits per heavy atom. The lowest BCUT2D eigenvalue weighted by atomic mass is 9.90. The molecule has 0 aromatic carbocycles. The highest BCUT2D eigenvalue weighted by Crippen LogP contribution is 2.23. The van der Waals surface area contributed by atoms with Crippen molar-refractivity contribution in [2.24, 2.45) is 5.41 Å². The molecule has 0 saturated carbocycles. The fraction of sp³-hybridized carbons (Fsp3) is 0.750. The molecule has 0 fully saturated rings. The maximum atomic E-state index is 5.69. The van der Waals surface area contributed by atoms with Crippen LogP contribution in [0.15, 0.2) is 12.7 Å². The Balaban J connectivity index is 3.44. The first-order valence-corrected chi connectivity index (χ1v) is 3.83. The van der Waals surface area contributed by atoms with Crippen LogP contribution < -0.4 is 0 Å². The quantitative estimate of drug-likeness (QED) is 0.422. The van der Waals surface area contributed by atoms with Gasteiger partial charge in [0, 0.05) is 5.88 Å². The summed E-state index contributed by atoms with van der Waals surface area (Å²) in [6.45, 7) is 8.00. The molecule has 0 rings (SSSR count). The van der Waals surface area contributed by atoms with Crippen molar-refractivity contribution >= 4 is 11.6 Å². The molecular formula is C8H15Cl. The molecule has 1 heteroatoms. The lowest BCUT2D eigenvalue weighted by Crippen LogP contribution is -2.12. The average molecular weight is 147 g/mol. The fourth-order valence-corrected chi connectivity index (χ4v) is 0.693. The molecule has 0 unspecified atom stereocenters. The van der Waals surface area contributed by atoms with E-state index in [1.54, 1.807) is 0 Å². The van der Waals surface area contributed by atoms with Gasteiger partial charge >= 0.3 is 0 Å². The van der Waals surface area contributed by atoms with Crippen LogP contribution in [0.2, 0.25) is 0 Å². The first-order chi connectivity index (χ1) is 4.12. The van der Waals surface area contributed by atoms with Crippen molar-refractivity contribution < 1.29 is 0 Å². The van der Waals surface area contributed by atoms with Gasteiger partial charge in [0.1, 0.15) is 0 Å². The third-order valence-electron chi connectivity index (χ3n) is 1.39. The zero-order valence-corrected chi connectivity index (χ0v) is 7.04. The summed E-state index contributed by atoms with van der Waals surface area (Å²) in [7, 11) is 0. The van der Waals surface area contributed by atoms with Gasteiger partial charge in [-0.1, -0.05) is 19.9 Å². The second kappa shape index (κ2) is 3.94. The summed E-state index contributed by atoms with van der Waals surface area (Å²) in [6.07, 6.45) is 4.15. The van der Waals surface area contributed by atoms with E-state index in [9.17, 15) is 0 Å². The van der Waals surface area contributed by atoms with Gasteiger partial charge in [0.05, 0.1) is 0 Å². The van der Waals surface area contributed by atoms with Crippen molar-refractivity contribution in [2.75, 3.05) is 5.88 Å². The molecule has 0 nitrogen and oxygen atoms in total. The molecule has 0 bridgehead atoms. The Hall–Kier alpha value is 0.0300. The maximum Gasteiger partial charge on any atom is 0.0274 e. The largest absolute Gasteiger partial charge is 0.126 e. The normalized spacial score (nSPS) is 11.4. The van der Waals surface area contributed by atoms with Crippen molar-refractivity contribution in [3.05, 3.63) is 12.7 Å².